The maximum Gasteiger partial charge on any atom is 0.276 e. The smallest absolute Gasteiger partial charge is 0.276 e. The molecule has 0 aliphatic heterocycles. The molecule has 1 aliphatic carbocycles. The number of carbonyl (C=O) groups excluding carboxylic acids is 1. The average molecular weight is 439 g/mol. The maximum atomic E-state index is 12.7. The summed E-state index contributed by atoms with van der Waals surface area (Å²) in [6.45, 7) is 0.0702. The standard InChI is InChI=1S/C22H22N4O4S/c1-28-17-7-5-8-18(29-2)20(17)30-13-26-11-10-16(25-26)21(27)24-22-15(12-23)14-6-3-4-9-19(14)31-22/h5,7-8,10-11H,3-4,6,9,13H2,1-2H3,(H,24,27). The molecule has 1 aromatic carbocycles. The number of anilines is 1. The van der Waals surface area contributed by atoms with Crippen LogP contribution in [0.1, 0.15) is 39.3 Å². The molecule has 1 amide bonds. The van der Waals surface area contributed by atoms with E-state index < -0.39 is 0 Å². The van der Waals surface area contributed by atoms with E-state index in [-0.39, 0.29) is 18.3 Å². The highest BCUT2D eigenvalue weighted by Crippen LogP contribution is 2.38. The first kappa shape index (κ1) is 20.8. The monoisotopic (exact) mass is 438 g/mol. The summed E-state index contributed by atoms with van der Waals surface area (Å²) in [5.41, 5.74) is 1.91. The third kappa shape index (κ3) is 4.20. The second-order valence-corrected chi connectivity index (χ2v) is 8.09. The van der Waals surface area contributed by atoms with Crippen LogP contribution in [0.15, 0.2) is 30.5 Å². The molecule has 1 N–H and O–H groups in total. The summed E-state index contributed by atoms with van der Waals surface area (Å²) in [4.78, 5) is 13.9. The summed E-state index contributed by atoms with van der Waals surface area (Å²) in [7, 11) is 3.10. The lowest BCUT2D eigenvalue weighted by Crippen LogP contribution is -2.14. The van der Waals surface area contributed by atoms with Crippen LogP contribution in [0.25, 0.3) is 0 Å². The minimum atomic E-state index is -0.358. The van der Waals surface area contributed by atoms with Crippen molar-refractivity contribution in [2.24, 2.45) is 0 Å². The van der Waals surface area contributed by atoms with E-state index in [1.807, 2.05) is 0 Å². The van der Waals surface area contributed by atoms with Crippen molar-refractivity contribution in [3.8, 4) is 23.3 Å². The van der Waals surface area contributed by atoms with Crippen LogP contribution in [-0.4, -0.2) is 29.9 Å². The number of thiophene rings is 1. The number of ether oxygens (including phenoxy) is 3. The summed E-state index contributed by atoms with van der Waals surface area (Å²) in [5, 5.41) is 17.3. The first-order chi connectivity index (χ1) is 15.1. The molecule has 2 heterocycles. The zero-order valence-corrected chi connectivity index (χ0v) is 18.1. The number of rotatable bonds is 7. The Bertz CT molecular complexity index is 1120. The van der Waals surface area contributed by atoms with Crippen LogP contribution < -0.4 is 19.5 Å². The molecule has 2 aromatic heterocycles. The van der Waals surface area contributed by atoms with E-state index in [4.69, 9.17) is 14.2 Å². The third-order valence-electron chi connectivity index (χ3n) is 5.11. The molecule has 1 aliphatic rings. The molecule has 4 rings (SSSR count). The number of methoxy groups -OCH3 is 2. The van der Waals surface area contributed by atoms with Gasteiger partial charge < -0.3 is 19.5 Å². The van der Waals surface area contributed by atoms with Gasteiger partial charge in [0.15, 0.2) is 23.9 Å². The lowest BCUT2D eigenvalue weighted by atomic mass is 9.96. The van der Waals surface area contributed by atoms with Crippen LogP contribution >= 0.6 is 11.3 Å². The molecule has 0 bridgehead atoms. The zero-order chi connectivity index (χ0) is 21.8. The first-order valence-electron chi connectivity index (χ1n) is 9.87. The molecule has 0 saturated carbocycles. The third-order valence-corrected chi connectivity index (χ3v) is 6.31. The number of nitrogens with one attached hydrogen (secondary N) is 1. The highest BCUT2D eigenvalue weighted by atomic mass is 32.1. The number of hydrogen-bond donors (Lipinski definition) is 1. The summed E-state index contributed by atoms with van der Waals surface area (Å²) in [6, 6.07) is 9.21. The molecule has 0 fully saturated rings. The van der Waals surface area contributed by atoms with E-state index in [9.17, 15) is 10.1 Å². The van der Waals surface area contributed by atoms with E-state index in [2.05, 4.69) is 16.5 Å². The fourth-order valence-corrected chi connectivity index (χ4v) is 4.82. The molecule has 9 heteroatoms. The van der Waals surface area contributed by atoms with Gasteiger partial charge in [0.05, 0.1) is 19.8 Å². The lowest BCUT2D eigenvalue weighted by molar-refractivity contribution is 0.102. The van der Waals surface area contributed by atoms with Gasteiger partial charge in [-0.05, 0) is 49.4 Å². The number of hydrogen-bond acceptors (Lipinski definition) is 7. The van der Waals surface area contributed by atoms with Gasteiger partial charge in [0.1, 0.15) is 11.1 Å². The van der Waals surface area contributed by atoms with Crippen molar-refractivity contribution in [2.75, 3.05) is 19.5 Å². The number of amides is 1. The van der Waals surface area contributed by atoms with Crippen molar-refractivity contribution in [3.63, 3.8) is 0 Å². The van der Waals surface area contributed by atoms with Crippen LogP contribution in [0, 0.1) is 11.3 Å². The normalized spacial score (nSPS) is 12.5. The summed E-state index contributed by atoms with van der Waals surface area (Å²) >= 11 is 1.49. The SMILES string of the molecule is COc1cccc(OC)c1OCn1ccc(C(=O)Nc2sc3c(c2C#N)CCCC3)n1. The molecular weight excluding hydrogens is 416 g/mol. The van der Waals surface area contributed by atoms with Gasteiger partial charge >= 0.3 is 0 Å². The van der Waals surface area contributed by atoms with Crippen molar-refractivity contribution in [3.05, 3.63) is 52.2 Å². The predicted octanol–water partition coefficient (Wildman–Crippen LogP) is 4.00. The molecular formula is C22H22N4O4S. The van der Waals surface area contributed by atoms with Gasteiger partial charge in [-0.3, -0.25) is 4.79 Å². The van der Waals surface area contributed by atoms with Gasteiger partial charge in [-0.1, -0.05) is 6.07 Å². The largest absolute Gasteiger partial charge is 0.493 e. The fourth-order valence-electron chi connectivity index (χ4n) is 3.58. The maximum absolute atomic E-state index is 12.7. The van der Waals surface area contributed by atoms with E-state index in [1.54, 1.807) is 44.7 Å². The average Bonchev–Trinajstić information content (AvgIpc) is 3.41. The molecule has 3 aromatic rings. The lowest BCUT2D eigenvalue weighted by Gasteiger charge is -2.13. The van der Waals surface area contributed by atoms with Crippen LogP contribution in [0.5, 0.6) is 17.2 Å². The Morgan fingerprint density at radius 2 is 1.97 bits per heavy atom. The van der Waals surface area contributed by atoms with Crippen LogP contribution in [0.2, 0.25) is 0 Å². The molecule has 0 saturated heterocycles. The highest BCUT2D eigenvalue weighted by molar-refractivity contribution is 7.16. The minimum Gasteiger partial charge on any atom is -0.493 e. The van der Waals surface area contributed by atoms with E-state index in [0.29, 0.717) is 27.8 Å². The molecule has 8 nitrogen and oxygen atoms in total. The molecule has 160 valence electrons. The van der Waals surface area contributed by atoms with Crippen molar-refractivity contribution in [1.29, 1.82) is 5.26 Å². The molecule has 0 atom stereocenters. The van der Waals surface area contributed by atoms with Gasteiger partial charge in [-0.2, -0.15) is 10.4 Å². The Morgan fingerprint density at radius 1 is 1.23 bits per heavy atom. The predicted molar refractivity (Wildman–Crippen MR) is 116 cm³/mol. The summed E-state index contributed by atoms with van der Waals surface area (Å²) in [6.07, 6.45) is 5.70. The summed E-state index contributed by atoms with van der Waals surface area (Å²) < 4.78 is 18.0. The van der Waals surface area contributed by atoms with Gasteiger partial charge in [0.25, 0.3) is 5.91 Å². The number of para-hydroxylation sites is 1. The van der Waals surface area contributed by atoms with E-state index >= 15 is 0 Å². The Balaban J connectivity index is 1.46. The van der Waals surface area contributed by atoms with Crippen molar-refractivity contribution in [1.82, 2.24) is 9.78 Å². The highest BCUT2D eigenvalue weighted by Gasteiger charge is 2.22. The van der Waals surface area contributed by atoms with Crippen molar-refractivity contribution < 1.29 is 19.0 Å². The van der Waals surface area contributed by atoms with Crippen LogP contribution in [-0.2, 0) is 19.6 Å². The number of nitriles is 1. The van der Waals surface area contributed by atoms with Gasteiger partial charge in [-0.25, -0.2) is 4.68 Å². The first-order valence-corrected chi connectivity index (χ1v) is 10.7. The van der Waals surface area contributed by atoms with Gasteiger partial charge in [-0.15, -0.1) is 11.3 Å². The van der Waals surface area contributed by atoms with Gasteiger partial charge in [0, 0.05) is 11.1 Å². The van der Waals surface area contributed by atoms with Gasteiger partial charge in [0.2, 0.25) is 5.75 Å². The zero-order valence-electron chi connectivity index (χ0n) is 17.3. The van der Waals surface area contributed by atoms with E-state index in [0.717, 1.165) is 31.2 Å². The molecule has 31 heavy (non-hydrogen) atoms. The molecule has 0 unspecified atom stereocenters. The number of benzene rings is 1. The second kappa shape index (κ2) is 9.10. The van der Waals surface area contributed by atoms with Crippen LogP contribution in [0.4, 0.5) is 5.00 Å². The molecule has 0 spiro atoms. The number of carbonyl (C=O) groups is 1. The molecule has 0 radical (unpaired) electrons. The number of aromatic nitrogens is 2. The number of fused-ring (bicyclic) bond motifs is 1. The summed E-state index contributed by atoms with van der Waals surface area (Å²) in [5.74, 6) is 1.17. The van der Waals surface area contributed by atoms with Crippen molar-refractivity contribution in [2.45, 2.75) is 32.4 Å². The number of aryl methyl sites for hydroxylation is 1. The Labute approximate surface area is 184 Å². The Hall–Kier alpha value is -3.51. The fraction of sp³-hybridized carbons (Fsp3) is 0.318. The quantitative estimate of drug-likeness (QED) is 0.599. The number of nitrogens with zero attached hydrogens (tertiary/aromatic N) is 3. The Morgan fingerprint density at radius 3 is 2.68 bits per heavy atom. The van der Waals surface area contributed by atoms with Crippen LogP contribution in [0.3, 0.4) is 0 Å². The van der Waals surface area contributed by atoms with E-state index in [1.165, 1.54) is 20.9 Å². The van der Waals surface area contributed by atoms with Crippen molar-refractivity contribution >= 4 is 22.2 Å². The topological polar surface area (TPSA) is 98.4 Å². The second-order valence-electron chi connectivity index (χ2n) is 6.99. The minimum absolute atomic E-state index is 0.0702. The Kier molecular flexibility index (Phi) is 6.09.